The molecule has 0 unspecified atom stereocenters. The second-order valence-electron chi connectivity index (χ2n) is 3.53. The molecule has 1 aromatic carbocycles. The smallest absolute Gasteiger partial charge is 0.297 e. The van der Waals surface area contributed by atoms with Crippen LogP contribution < -0.4 is 4.90 Å². The maximum Gasteiger partial charge on any atom is 0.300 e. The fourth-order valence-corrected chi connectivity index (χ4v) is 1.88. The van der Waals surface area contributed by atoms with Crippen LogP contribution in [0.3, 0.4) is 0 Å². The summed E-state index contributed by atoms with van der Waals surface area (Å²) in [6.45, 7) is -0.289. The van der Waals surface area contributed by atoms with E-state index in [0.29, 0.717) is 0 Å². The largest absolute Gasteiger partial charge is 0.300 e. The Morgan fingerprint density at radius 2 is 1.89 bits per heavy atom. The molecule has 1 aliphatic heterocycles. The summed E-state index contributed by atoms with van der Waals surface area (Å²) in [7, 11) is 0. The second-order valence-corrected chi connectivity index (χ2v) is 4.23. The summed E-state index contributed by atoms with van der Waals surface area (Å²) in [4.78, 5) is 23.9. The number of halogens is 4. The summed E-state index contributed by atoms with van der Waals surface area (Å²) < 4.78 is 27.1. The molecule has 0 N–H and O–H groups in total. The first-order valence-electron chi connectivity index (χ1n) is 4.76. The van der Waals surface area contributed by atoms with Crippen molar-refractivity contribution in [2.24, 2.45) is 0 Å². The van der Waals surface area contributed by atoms with E-state index in [1.165, 1.54) is 0 Å². The van der Waals surface area contributed by atoms with Gasteiger partial charge >= 0.3 is 0 Å². The first-order valence-corrected chi connectivity index (χ1v) is 5.57. The number of ketones is 1. The monoisotopic (exact) mass is 291 g/mol. The number of hydrogen-bond acceptors (Lipinski definition) is 2. The number of hydrogen-bond donors (Lipinski definition) is 0. The van der Waals surface area contributed by atoms with Crippen molar-refractivity contribution in [1.82, 2.24) is 0 Å². The van der Waals surface area contributed by atoms with E-state index in [2.05, 4.69) is 0 Å². The lowest BCUT2D eigenvalue weighted by Gasteiger charge is -2.16. The van der Waals surface area contributed by atoms with Crippen molar-refractivity contribution in [3.05, 3.63) is 39.9 Å². The third-order valence-corrected chi connectivity index (χ3v) is 3.05. The molecule has 0 saturated heterocycles. The Morgan fingerprint density at radius 1 is 1.28 bits per heavy atom. The van der Waals surface area contributed by atoms with E-state index in [4.69, 9.17) is 23.2 Å². The molecule has 0 aliphatic carbocycles. The Kier molecular flexibility index (Phi) is 3.36. The molecule has 0 atom stereocenters. The highest BCUT2D eigenvalue weighted by Gasteiger charge is 2.40. The Labute approximate surface area is 111 Å². The third kappa shape index (κ3) is 1.89. The highest BCUT2D eigenvalue weighted by atomic mass is 35.5. The molecule has 1 heterocycles. The number of carbonyl (C=O) groups is 2. The molecule has 0 aromatic heterocycles. The van der Waals surface area contributed by atoms with Gasteiger partial charge in [0.05, 0.1) is 17.8 Å². The van der Waals surface area contributed by atoms with Crippen LogP contribution in [0.1, 0.15) is 10.4 Å². The average molecular weight is 292 g/mol. The molecule has 94 valence electrons. The maximum absolute atomic E-state index is 13.6. The van der Waals surface area contributed by atoms with E-state index in [0.717, 1.165) is 22.6 Å². The standard InChI is InChI=1S/C11H5Cl2F2NO2/c12-3-5(13)4-16-9-7(15)2-1-6(14)8(9)10(17)11(16)18/h1-3H,4H2/b5-3-. The van der Waals surface area contributed by atoms with Crippen molar-refractivity contribution in [3.8, 4) is 0 Å². The van der Waals surface area contributed by atoms with Gasteiger partial charge in [0.25, 0.3) is 11.7 Å². The first-order chi connectivity index (χ1) is 8.47. The van der Waals surface area contributed by atoms with Gasteiger partial charge in [-0.2, -0.15) is 0 Å². The summed E-state index contributed by atoms with van der Waals surface area (Å²) in [6, 6.07) is 1.63. The summed E-state index contributed by atoms with van der Waals surface area (Å²) in [5, 5.41) is 0.0225. The van der Waals surface area contributed by atoms with Crippen molar-refractivity contribution >= 4 is 40.6 Å². The Hall–Kier alpha value is -1.46. The number of rotatable bonds is 2. The van der Waals surface area contributed by atoms with Crippen LogP contribution in [0.5, 0.6) is 0 Å². The third-order valence-electron chi connectivity index (χ3n) is 2.44. The number of nitrogens with zero attached hydrogens (tertiary/aromatic N) is 1. The summed E-state index contributed by atoms with van der Waals surface area (Å²) in [5.41, 5.74) is 0.00909. The molecule has 7 heteroatoms. The van der Waals surface area contributed by atoms with Crippen LogP contribution in [-0.2, 0) is 4.79 Å². The number of carbonyl (C=O) groups excluding carboxylic acids is 2. The Morgan fingerprint density at radius 3 is 2.50 bits per heavy atom. The first kappa shape index (κ1) is 13.0. The van der Waals surface area contributed by atoms with Crippen molar-refractivity contribution in [2.75, 3.05) is 11.4 Å². The lowest BCUT2D eigenvalue weighted by atomic mass is 10.1. The van der Waals surface area contributed by atoms with Crippen LogP contribution in [0.15, 0.2) is 22.7 Å². The van der Waals surface area contributed by atoms with E-state index < -0.39 is 34.6 Å². The summed E-state index contributed by atoms with van der Waals surface area (Å²) in [5.74, 6) is -3.95. The van der Waals surface area contributed by atoms with E-state index in [1.807, 2.05) is 0 Å². The molecule has 0 fully saturated rings. The fraction of sp³-hybridized carbons (Fsp3) is 0.0909. The van der Waals surface area contributed by atoms with E-state index >= 15 is 0 Å². The highest BCUT2D eigenvalue weighted by molar-refractivity contribution is 6.52. The number of anilines is 1. The SMILES string of the molecule is O=C1C(=O)N(C/C(Cl)=C/Cl)c2c(F)ccc(F)c21. The van der Waals surface area contributed by atoms with Crippen molar-refractivity contribution in [2.45, 2.75) is 0 Å². The normalized spacial score (nSPS) is 15.3. The predicted molar refractivity (Wildman–Crippen MR) is 62.8 cm³/mol. The van der Waals surface area contributed by atoms with Gasteiger partial charge in [-0.25, -0.2) is 8.78 Å². The van der Waals surface area contributed by atoms with E-state index in [-0.39, 0.29) is 11.6 Å². The maximum atomic E-state index is 13.6. The molecule has 18 heavy (non-hydrogen) atoms. The van der Waals surface area contributed by atoms with Crippen molar-refractivity contribution in [3.63, 3.8) is 0 Å². The zero-order chi connectivity index (χ0) is 13.4. The average Bonchev–Trinajstić information content (AvgIpc) is 2.60. The van der Waals surface area contributed by atoms with Gasteiger partial charge in [0.1, 0.15) is 11.6 Å². The molecule has 0 saturated carbocycles. The minimum absolute atomic E-state index is 0.0225. The Bertz CT molecular complexity index is 587. The van der Waals surface area contributed by atoms with Crippen LogP contribution in [0.4, 0.5) is 14.5 Å². The molecule has 0 bridgehead atoms. The summed E-state index contributed by atoms with van der Waals surface area (Å²) >= 11 is 11.0. The van der Waals surface area contributed by atoms with Gasteiger partial charge in [0, 0.05) is 10.6 Å². The zero-order valence-corrected chi connectivity index (χ0v) is 10.2. The van der Waals surface area contributed by atoms with Gasteiger partial charge in [0.2, 0.25) is 0 Å². The van der Waals surface area contributed by atoms with Crippen LogP contribution in [0.2, 0.25) is 0 Å². The molecule has 0 spiro atoms. The number of amides is 1. The van der Waals surface area contributed by atoms with Crippen LogP contribution in [0.25, 0.3) is 0 Å². The van der Waals surface area contributed by atoms with Crippen molar-refractivity contribution in [1.29, 1.82) is 0 Å². The fourth-order valence-electron chi connectivity index (χ4n) is 1.69. The molecular formula is C11H5Cl2F2NO2. The van der Waals surface area contributed by atoms with Crippen molar-refractivity contribution < 1.29 is 18.4 Å². The minimum Gasteiger partial charge on any atom is -0.297 e. The Balaban J connectivity index is 2.58. The summed E-state index contributed by atoms with van der Waals surface area (Å²) in [6.07, 6.45) is 0. The van der Waals surface area contributed by atoms with Gasteiger partial charge in [-0.15, -0.1) is 0 Å². The molecule has 3 nitrogen and oxygen atoms in total. The number of fused-ring (bicyclic) bond motifs is 1. The molecule has 1 aliphatic rings. The van der Waals surface area contributed by atoms with Gasteiger partial charge in [-0.1, -0.05) is 23.2 Å². The van der Waals surface area contributed by atoms with Crippen LogP contribution in [0, 0.1) is 11.6 Å². The number of benzene rings is 1. The molecule has 1 aromatic rings. The zero-order valence-electron chi connectivity index (χ0n) is 8.71. The molecule has 1 amide bonds. The molecule has 0 radical (unpaired) electrons. The van der Waals surface area contributed by atoms with Gasteiger partial charge in [-0.05, 0) is 12.1 Å². The van der Waals surface area contributed by atoms with Crippen LogP contribution in [-0.4, -0.2) is 18.2 Å². The number of Topliss-reactive ketones (excluding diaryl/α,β-unsaturated/α-hetero) is 1. The highest BCUT2D eigenvalue weighted by Crippen LogP contribution is 2.34. The lowest BCUT2D eigenvalue weighted by molar-refractivity contribution is -0.114. The molecule has 2 rings (SSSR count). The van der Waals surface area contributed by atoms with Gasteiger partial charge in [-0.3, -0.25) is 14.5 Å². The quantitative estimate of drug-likeness (QED) is 0.786. The lowest BCUT2D eigenvalue weighted by Crippen LogP contribution is -2.31. The second kappa shape index (κ2) is 4.66. The topological polar surface area (TPSA) is 37.4 Å². The minimum atomic E-state index is -1.10. The van der Waals surface area contributed by atoms with E-state index in [1.54, 1.807) is 0 Å². The van der Waals surface area contributed by atoms with Gasteiger partial charge < -0.3 is 0 Å². The van der Waals surface area contributed by atoms with E-state index in [9.17, 15) is 18.4 Å². The molecular weight excluding hydrogens is 287 g/mol. The van der Waals surface area contributed by atoms with Crippen LogP contribution >= 0.6 is 23.2 Å². The van der Waals surface area contributed by atoms with Gasteiger partial charge in [0.15, 0.2) is 0 Å². The predicted octanol–water partition coefficient (Wildman–Crippen LogP) is 2.81.